The number of aliphatic hydroxyl groups excluding tert-OH is 2. The molecule has 0 saturated carbocycles. The number of nitrogens with one attached hydrogen (secondary N) is 1. The summed E-state index contributed by atoms with van der Waals surface area (Å²) in [5.74, 6) is -0.0382. The highest BCUT2D eigenvalue weighted by Crippen LogP contribution is 2.19. The zero-order valence-electron chi connectivity index (χ0n) is 55.0. The smallest absolute Gasteiger partial charge is 0.305 e. The number of allylic oxidation sites excluding steroid dienone is 3. The van der Waals surface area contributed by atoms with Crippen molar-refractivity contribution in [2.24, 2.45) is 0 Å². The van der Waals surface area contributed by atoms with Gasteiger partial charge < -0.3 is 20.3 Å². The van der Waals surface area contributed by atoms with Gasteiger partial charge in [-0.3, -0.25) is 9.59 Å². The summed E-state index contributed by atoms with van der Waals surface area (Å²) in [5.41, 5.74) is 0. The number of hydrogen-bond acceptors (Lipinski definition) is 5. The monoisotopic (exact) mass is 1140 g/mol. The Kier molecular flexibility index (Phi) is 69.4. The van der Waals surface area contributed by atoms with Gasteiger partial charge in [-0.25, -0.2) is 0 Å². The topological polar surface area (TPSA) is 95.9 Å². The average Bonchev–Trinajstić information content (AvgIpc) is 3.47. The molecule has 0 rings (SSSR count). The number of esters is 1. The second-order valence-electron chi connectivity index (χ2n) is 25.6. The maximum Gasteiger partial charge on any atom is 0.305 e. The molecular weight excluding hydrogens is 995 g/mol. The van der Waals surface area contributed by atoms with E-state index in [1.165, 1.54) is 353 Å². The van der Waals surface area contributed by atoms with Crippen molar-refractivity contribution in [1.82, 2.24) is 5.32 Å². The minimum absolute atomic E-state index is 0.0236. The Balaban J connectivity index is 3.32. The Bertz CT molecular complexity index is 1270. The van der Waals surface area contributed by atoms with Crippen LogP contribution in [0.15, 0.2) is 24.3 Å². The molecule has 0 aromatic carbocycles. The van der Waals surface area contributed by atoms with Crippen LogP contribution in [0.5, 0.6) is 0 Å². The van der Waals surface area contributed by atoms with E-state index in [0.29, 0.717) is 19.4 Å². The van der Waals surface area contributed by atoms with Crippen molar-refractivity contribution in [3.63, 3.8) is 0 Å². The quantitative estimate of drug-likeness (QED) is 0.0320. The number of hydrogen-bond donors (Lipinski definition) is 3. The van der Waals surface area contributed by atoms with E-state index in [4.69, 9.17) is 4.74 Å². The second-order valence-corrected chi connectivity index (χ2v) is 25.6. The minimum Gasteiger partial charge on any atom is -0.466 e. The van der Waals surface area contributed by atoms with E-state index < -0.39 is 12.1 Å². The number of carbonyl (C=O) groups is 2. The lowest BCUT2D eigenvalue weighted by Gasteiger charge is -2.20. The number of aliphatic hydroxyl groups is 2. The minimum atomic E-state index is -0.840. The largest absolute Gasteiger partial charge is 0.466 e. The number of ether oxygens (including phenoxy) is 1. The molecule has 0 heterocycles. The fourth-order valence-electron chi connectivity index (χ4n) is 11.8. The van der Waals surface area contributed by atoms with Crippen molar-refractivity contribution in [1.29, 1.82) is 0 Å². The van der Waals surface area contributed by atoms with Crippen LogP contribution in [0.3, 0.4) is 0 Å². The van der Waals surface area contributed by atoms with E-state index >= 15 is 0 Å². The van der Waals surface area contributed by atoms with Crippen molar-refractivity contribution in [2.45, 2.75) is 431 Å². The zero-order valence-corrected chi connectivity index (χ0v) is 55.0. The highest BCUT2D eigenvalue weighted by molar-refractivity contribution is 5.76. The molecule has 3 N–H and O–H groups in total. The molecule has 6 nitrogen and oxygen atoms in total. The highest BCUT2D eigenvalue weighted by atomic mass is 16.5. The number of amides is 1. The highest BCUT2D eigenvalue weighted by Gasteiger charge is 2.18. The van der Waals surface area contributed by atoms with Crippen molar-refractivity contribution >= 4 is 11.9 Å². The molecule has 0 fully saturated rings. The summed E-state index contributed by atoms with van der Waals surface area (Å²) in [6.45, 7) is 4.93. The van der Waals surface area contributed by atoms with E-state index in [1.807, 2.05) is 6.08 Å². The normalized spacial score (nSPS) is 12.6. The zero-order chi connectivity index (χ0) is 58.5. The van der Waals surface area contributed by atoms with Crippen LogP contribution in [0.2, 0.25) is 0 Å². The number of rotatable bonds is 70. The molecule has 2 unspecified atom stereocenters. The van der Waals surface area contributed by atoms with E-state index in [-0.39, 0.29) is 18.5 Å². The summed E-state index contributed by atoms with van der Waals surface area (Å²) < 4.78 is 5.49. The van der Waals surface area contributed by atoms with Gasteiger partial charge in [-0.1, -0.05) is 372 Å². The molecule has 480 valence electrons. The van der Waals surface area contributed by atoms with Crippen LogP contribution in [-0.2, 0) is 14.3 Å². The van der Waals surface area contributed by atoms with E-state index in [1.54, 1.807) is 6.08 Å². The Morgan fingerprint density at radius 1 is 0.333 bits per heavy atom. The van der Waals surface area contributed by atoms with Gasteiger partial charge in [0.1, 0.15) is 0 Å². The molecule has 0 radical (unpaired) electrons. The molecular formula is C75H145NO5. The van der Waals surface area contributed by atoms with Crippen molar-refractivity contribution in [2.75, 3.05) is 13.2 Å². The van der Waals surface area contributed by atoms with Crippen molar-refractivity contribution in [3.05, 3.63) is 24.3 Å². The third kappa shape index (κ3) is 67.3. The van der Waals surface area contributed by atoms with Crippen molar-refractivity contribution < 1.29 is 24.5 Å². The Labute approximate surface area is 507 Å². The molecule has 2 atom stereocenters. The molecule has 0 spiro atoms. The molecule has 6 heteroatoms. The standard InChI is InChI=1S/C75H145NO5/c1-3-5-7-9-11-13-15-44-47-51-55-59-63-67-73(78)72(71-77)76-74(79)68-64-60-56-52-48-45-42-40-38-36-34-32-30-28-26-24-22-20-18-17-19-21-23-25-27-29-31-33-35-37-39-41-43-46-50-54-58-62-66-70-81-75(80)69-65-61-57-53-49-16-14-12-10-8-6-4-2/h17-18,63,67,72-73,77-78H,3-16,19-62,64-66,68-71H2,1-2H3,(H,76,79)/b18-17-,67-63+. The predicted molar refractivity (Wildman–Crippen MR) is 356 cm³/mol. The second kappa shape index (κ2) is 70.8. The van der Waals surface area contributed by atoms with Crippen molar-refractivity contribution in [3.8, 4) is 0 Å². The van der Waals surface area contributed by atoms with Gasteiger partial charge >= 0.3 is 5.97 Å². The molecule has 0 bridgehead atoms. The molecule has 0 aliphatic heterocycles. The summed E-state index contributed by atoms with van der Waals surface area (Å²) in [5, 5.41) is 23.1. The summed E-state index contributed by atoms with van der Waals surface area (Å²) in [6.07, 6.45) is 90.1. The van der Waals surface area contributed by atoms with E-state index in [0.717, 1.165) is 38.5 Å². The van der Waals surface area contributed by atoms with Crippen LogP contribution in [0, 0.1) is 0 Å². The van der Waals surface area contributed by atoms with Gasteiger partial charge in [-0.15, -0.1) is 0 Å². The summed E-state index contributed by atoms with van der Waals surface area (Å²) in [6, 6.07) is -0.623. The van der Waals surface area contributed by atoms with Crippen LogP contribution in [0.4, 0.5) is 0 Å². The third-order valence-corrected chi connectivity index (χ3v) is 17.5. The van der Waals surface area contributed by atoms with Gasteiger partial charge in [0.15, 0.2) is 0 Å². The SMILES string of the molecule is CCCCCCCCCCCCC/C=C/C(O)C(CO)NC(=O)CCCCCCCCCCCCCCCCCCC/C=C\CCCCCCCCCCCCCCCCCCCCOC(=O)CCCCCCCCCCCCCC. The Hall–Kier alpha value is -1.66. The van der Waals surface area contributed by atoms with Crippen LogP contribution in [0.1, 0.15) is 418 Å². The lowest BCUT2D eigenvalue weighted by Crippen LogP contribution is -2.45. The average molecular weight is 1140 g/mol. The van der Waals surface area contributed by atoms with Crippen LogP contribution >= 0.6 is 0 Å². The number of carbonyl (C=O) groups excluding carboxylic acids is 2. The maximum absolute atomic E-state index is 12.5. The lowest BCUT2D eigenvalue weighted by molar-refractivity contribution is -0.143. The first kappa shape index (κ1) is 79.3. The summed E-state index contributed by atoms with van der Waals surface area (Å²) >= 11 is 0. The van der Waals surface area contributed by atoms with Gasteiger partial charge in [0.25, 0.3) is 0 Å². The Morgan fingerprint density at radius 3 is 0.877 bits per heavy atom. The van der Waals surface area contributed by atoms with Crippen LogP contribution in [-0.4, -0.2) is 47.4 Å². The maximum atomic E-state index is 12.5. The van der Waals surface area contributed by atoms with Gasteiger partial charge in [0.05, 0.1) is 25.4 Å². The van der Waals surface area contributed by atoms with Crippen LogP contribution in [0.25, 0.3) is 0 Å². The fraction of sp³-hybridized carbons (Fsp3) is 0.920. The molecule has 0 aliphatic rings. The summed E-state index contributed by atoms with van der Waals surface area (Å²) in [4.78, 5) is 24.5. The molecule has 0 aliphatic carbocycles. The predicted octanol–water partition coefficient (Wildman–Crippen LogP) is 24.1. The first-order chi connectivity index (χ1) is 40.0. The lowest BCUT2D eigenvalue weighted by atomic mass is 10.0. The van der Waals surface area contributed by atoms with Gasteiger partial charge in [-0.05, 0) is 57.8 Å². The first-order valence-corrected chi connectivity index (χ1v) is 37.1. The van der Waals surface area contributed by atoms with Gasteiger partial charge in [0, 0.05) is 12.8 Å². The fourth-order valence-corrected chi connectivity index (χ4v) is 11.8. The van der Waals surface area contributed by atoms with Crippen LogP contribution < -0.4 is 5.32 Å². The molecule has 81 heavy (non-hydrogen) atoms. The number of unbranched alkanes of at least 4 members (excludes halogenated alkanes) is 57. The molecule has 0 aromatic heterocycles. The van der Waals surface area contributed by atoms with Gasteiger partial charge in [0.2, 0.25) is 5.91 Å². The van der Waals surface area contributed by atoms with E-state index in [9.17, 15) is 19.8 Å². The molecule has 0 saturated heterocycles. The Morgan fingerprint density at radius 2 is 0.580 bits per heavy atom. The molecule has 0 aromatic rings. The third-order valence-electron chi connectivity index (χ3n) is 17.5. The first-order valence-electron chi connectivity index (χ1n) is 37.1. The summed E-state index contributed by atoms with van der Waals surface area (Å²) in [7, 11) is 0. The van der Waals surface area contributed by atoms with Gasteiger partial charge in [-0.2, -0.15) is 0 Å². The van der Waals surface area contributed by atoms with E-state index in [2.05, 4.69) is 31.3 Å². The molecule has 1 amide bonds.